The average molecular weight is 1200 g/mol. The highest BCUT2D eigenvalue weighted by molar-refractivity contribution is 7.47. The van der Waals surface area contributed by atoms with Gasteiger partial charge in [0.1, 0.15) is 6.61 Å². The van der Waals surface area contributed by atoms with Gasteiger partial charge in [-0.1, -0.05) is 343 Å². The van der Waals surface area contributed by atoms with Crippen LogP contribution < -0.4 is 5.73 Å². The normalized spacial score (nSPS) is 13.4. The second kappa shape index (κ2) is 69.3. The topological polar surface area (TPSA) is 134 Å². The number of rotatable bonds is 67. The summed E-state index contributed by atoms with van der Waals surface area (Å²) in [6.07, 6.45) is 92.5. The van der Waals surface area contributed by atoms with Gasteiger partial charge in [-0.2, -0.15) is 0 Å². The van der Waals surface area contributed by atoms with Crippen molar-refractivity contribution in [2.45, 2.75) is 347 Å². The molecule has 0 aliphatic rings. The zero-order valence-electron chi connectivity index (χ0n) is 54.9. The van der Waals surface area contributed by atoms with Crippen LogP contribution in [-0.4, -0.2) is 49.3 Å². The standard InChI is InChI=1S/C74H134NO8P/c1-3-5-7-9-11-13-15-17-19-21-23-25-27-29-31-32-33-34-35-36-37-38-39-40-41-43-45-47-49-51-53-55-57-59-61-63-65-67-74(77)83-72(71-82-84(78,79)81-69-68-75)70-80-73(76)66-64-62-60-58-56-54-52-50-48-46-44-42-30-28-26-24-22-20-18-16-14-12-10-8-6-4-2/h5,7,11,13,17,19,23,25,29,31,33-34,36-37,72H,3-4,6,8-10,12,14-16,18,20-22,24,26-28,30,32,35,38-71,75H2,1-2H3,(H,78,79)/b7-5-,13-11-,19-17-,25-23-,31-29-,34-33-,37-36-. The lowest BCUT2D eigenvalue weighted by Gasteiger charge is -2.19. The van der Waals surface area contributed by atoms with Crippen LogP contribution in [0.5, 0.6) is 0 Å². The second-order valence-electron chi connectivity index (χ2n) is 23.7. The van der Waals surface area contributed by atoms with Gasteiger partial charge >= 0.3 is 19.8 Å². The fourth-order valence-electron chi connectivity index (χ4n) is 10.3. The molecule has 0 aromatic rings. The number of hydrogen-bond donors (Lipinski definition) is 2. The van der Waals surface area contributed by atoms with Crippen LogP contribution in [0, 0.1) is 0 Å². The first kappa shape index (κ1) is 81.2. The number of phosphoric ester groups is 1. The van der Waals surface area contributed by atoms with Crippen LogP contribution in [0.4, 0.5) is 0 Å². The Morgan fingerprint density at radius 1 is 0.369 bits per heavy atom. The first-order chi connectivity index (χ1) is 41.3. The van der Waals surface area contributed by atoms with E-state index in [1.165, 1.54) is 225 Å². The fraction of sp³-hybridized carbons (Fsp3) is 0.784. The predicted molar refractivity (Wildman–Crippen MR) is 362 cm³/mol. The van der Waals surface area contributed by atoms with E-state index in [1.54, 1.807) is 0 Å². The number of carbonyl (C=O) groups excluding carboxylic acids is 2. The van der Waals surface area contributed by atoms with Crippen molar-refractivity contribution in [2.24, 2.45) is 5.73 Å². The van der Waals surface area contributed by atoms with Gasteiger partial charge in [0.05, 0.1) is 13.2 Å². The van der Waals surface area contributed by atoms with Crippen molar-refractivity contribution in [3.8, 4) is 0 Å². The third kappa shape index (κ3) is 68.3. The molecule has 0 amide bonds. The molecular formula is C74H134NO8P. The molecule has 10 heteroatoms. The van der Waals surface area contributed by atoms with Gasteiger partial charge in [-0.15, -0.1) is 0 Å². The van der Waals surface area contributed by atoms with Crippen LogP contribution in [-0.2, 0) is 32.7 Å². The van der Waals surface area contributed by atoms with Crippen molar-refractivity contribution in [2.75, 3.05) is 26.4 Å². The summed E-state index contributed by atoms with van der Waals surface area (Å²) in [6, 6.07) is 0. The van der Waals surface area contributed by atoms with Crippen LogP contribution in [0.1, 0.15) is 341 Å². The lowest BCUT2D eigenvalue weighted by atomic mass is 10.0. The van der Waals surface area contributed by atoms with E-state index in [0.717, 1.165) is 83.5 Å². The molecule has 0 aromatic heterocycles. The lowest BCUT2D eigenvalue weighted by Crippen LogP contribution is -2.29. The first-order valence-electron chi connectivity index (χ1n) is 35.6. The Kier molecular flexibility index (Phi) is 67.0. The molecule has 0 saturated heterocycles. The van der Waals surface area contributed by atoms with Gasteiger partial charge in [-0.05, 0) is 70.6 Å². The summed E-state index contributed by atoms with van der Waals surface area (Å²) in [7, 11) is -4.39. The van der Waals surface area contributed by atoms with E-state index in [0.29, 0.717) is 6.42 Å². The third-order valence-corrected chi connectivity index (χ3v) is 16.5. The number of carbonyl (C=O) groups is 2. The van der Waals surface area contributed by atoms with Crippen LogP contribution >= 0.6 is 7.82 Å². The molecule has 0 aromatic carbocycles. The van der Waals surface area contributed by atoms with Crippen molar-refractivity contribution >= 4 is 19.8 Å². The molecule has 84 heavy (non-hydrogen) atoms. The van der Waals surface area contributed by atoms with Crippen LogP contribution in [0.3, 0.4) is 0 Å². The number of nitrogens with two attached hydrogens (primary N) is 1. The summed E-state index contributed by atoms with van der Waals surface area (Å²) in [5.41, 5.74) is 5.40. The number of unbranched alkanes of at least 4 members (excludes halogenated alkanes) is 40. The van der Waals surface area contributed by atoms with Crippen LogP contribution in [0.2, 0.25) is 0 Å². The SMILES string of the molecule is CC/C=C\C/C=C\C/C=C\C/C=C\C/C=C\C/C=C\C/C=C\CCCCCCCCCCCCCCCCCC(=O)OC(COC(=O)CCCCCCCCCCCCCCCCCCCCCCCCCCCC)COP(=O)(O)OCCN. The smallest absolute Gasteiger partial charge is 0.462 e. The number of esters is 2. The minimum absolute atomic E-state index is 0.0532. The molecule has 488 valence electrons. The highest BCUT2D eigenvalue weighted by Gasteiger charge is 2.26. The zero-order chi connectivity index (χ0) is 60.9. The minimum Gasteiger partial charge on any atom is -0.462 e. The molecule has 2 atom stereocenters. The van der Waals surface area contributed by atoms with Crippen molar-refractivity contribution in [3.05, 3.63) is 85.1 Å². The molecule has 0 fully saturated rings. The van der Waals surface area contributed by atoms with Gasteiger partial charge < -0.3 is 20.1 Å². The minimum atomic E-state index is -4.39. The lowest BCUT2D eigenvalue weighted by molar-refractivity contribution is -0.161. The van der Waals surface area contributed by atoms with Crippen LogP contribution in [0.15, 0.2) is 85.1 Å². The second-order valence-corrected chi connectivity index (χ2v) is 25.2. The largest absolute Gasteiger partial charge is 0.472 e. The number of allylic oxidation sites excluding steroid dienone is 14. The van der Waals surface area contributed by atoms with Gasteiger partial charge in [0.15, 0.2) is 6.10 Å². The molecule has 0 rings (SSSR count). The van der Waals surface area contributed by atoms with E-state index in [9.17, 15) is 19.0 Å². The van der Waals surface area contributed by atoms with Gasteiger partial charge in [0, 0.05) is 19.4 Å². The Labute approximate surface area is 519 Å². The van der Waals surface area contributed by atoms with Crippen molar-refractivity contribution in [3.63, 3.8) is 0 Å². The van der Waals surface area contributed by atoms with Gasteiger partial charge in [0.2, 0.25) is 0 Å². The van der Waals surface area contributed by atoms with Crippen LogP contribution in [0.25, 0.3) is 0 Å². The van der Waals surface area contributed by atoms with E-state index in [2.05, 4.69) is 98.9 Å². The summed E-state index contributed by atoms with van der Waals surface area (Å²) in [5.74, 6) is -0.812. The summed E-state index contributed by atoms with van der Waals surface area (Å²) >= 11 is 0. The molecule has 0 saturated carbocycles. The molecule has 3 N–H and O–H groups in total. The summed E-state index contributed by atoms with van der Waals surface area (Å²) in [4.78, 5) is 35.4. The Balaban J connectivity index is 3.86. The predicted octanol–water partition coefficient (Wildman–Crippen LogP) is 23.4. The molecule has 0 aliphatic heterocycles. The Hall–Kier alpha value is -2.81. The summed E-state index contributed by atoms with van der Waals surface area (Å²) < 4.78 is 33.2. The Morgan fingerprint density at radius 3 is 0.976 bits per heavy atom. The maximum atomic E-state index is 12.8. The van der Waals surface area contributed by atoms with E-state index in [-0.39, 0.29) is 38.6 Å². The molecule has 0 aliphatic carbocycles. The molecule has 0 radical (unpaired) electrons. The average Bonchev–Trinajstić information content (AvgIpc) is 3.58. The molecule has 2 unspecified atom stereocenters. The van der Waals surface area contributed by atoms with E-state index >= 15 is 0 Å². The number of hydrogen-bond acceptors (Lipinski definition) is 8. The Morgan fingerprint density at radius 2 is 0.655 bits per heavy atom. The van der Waals surface area contributed by atoms with E-state index in [4.69, 9.17) is 24.3 Å². The molecular weight excluding hydrogens is 1060 g/mol. The van der Waals surface area contributed by atoms with Gasteiger partial charge in [0.25, 0.3) is 0 Å². The number of phosphoric acid groups is 1. The quantitative estimate of drug-likeness (QED) is 0.0264. The van der Waals surface area contributed by atoms with Gasteiger partial charge in [-0.25, -0.2) is 4.57 Å². The first-order valence-corrected chi connectivity index (χ1v) is 37.1. The molecule has 0 bridgehead atoms. The highest BCUT2D eigenvalue weighted by atomic mass is 31.2. The molecule has 0 spiro atoms. The van der Waals surface area contributed by atoms with E-state index < -0.39 is 26.5 Å². The van der Waals surface area contributed by atoms with Gasteiger partial charge in [-0.3, -0.25) is 18.6 Å². The number of ether oxygens (including phenoxy) is 2. The highest BCUT2D eigenvalue weighted by Crippen LogP contribution is 2.43. The third-order valence-electron chi connectivity index (χ3n) is 15.5. The van der Waals surface area contributed by atoms with Crippen molar-refractivity contribution < 1.29 is 37.6 Å². The Bertz CT molecular complexity index is 1650. The molecule has 9 nitrogen and oxygen atoms in total. The maximum absolute atomic E-state index is 12.8. The van der Waals surface area contributed by atoms with E-state index in [1.807, 2.05) is 0 Å². The fourth-order valence-corrected chi connectivity index (χ4v) is 11.1. The molecule has 0 heterocycles. The summed E-state index contributed by atoms with van der Waals surface area (Å²) in [5, 5.41) is 0. The van der Waals surface area contributed by atoms with Crippen molar-refractivity contribution in [1.29, 1.82) is 0 Å². The zero-order valence-corrected chi connectivity index (χ0v) is 55.8. The summed E-state index contributed by atoms with van der Waals surface area (Å²) in [6.45, 7) is 3.69. The maximum Gasteiger partial charge on any atom is 0.472 e. The van der Waals surface area contributed by atoms with Crippen molar-refractivity contribution in [1.82, 2.24) is 0 Å². The monoisotopic (exact) mass is 1200 g/mol.